The van der Waals surface area contributed by atoms with Gasteiger partial charge in [0.2, 0.25) is 0 Å². The van der Waals surface area contributed by atoms with Crippen molar-refractivity contribution in [3.05, 3.63) is 88.6 Å². The van der Waals surface area contributed by atoms with Crippen LogP contribution in [0.1, 0.15) is 46.4 Å². The molecule has 1 aliphatic heterocycles. The molecule has 0 aliphatic carbocycles. The first-order chi connectivity index (χ1) is 15.5. The minimum Gasteiger partial charge on any atom is -0.465 e. The standard InChI is InChI=1S/C25H25F2N3O2/c1-16(18-6-8-20(9-7-18)25(31)32-2)29-24-23-19(11-12-28-24)4-3-13-30(23)15-17-5-10-21(26)22(27)14-17/h5-12,14,16H,3-4,13,15H2,1-2H3,(H,28,29). The van der Waals surface area contributed by atoms with Gasteiger partial charge in [-0.05, 0) is 66.8 Å². The monoisotopic (exact) mass is 437 g/mol. The van der Waals surface area contributed by atoms with Crippen molar-refractivity contribution in [2.45, 2.75) is 32.4 Å². The van der Waals surface area contributed by atoms with E-state index in [1.807, 2.05) is 25.1 Å². The first-order valence-corrected chi connectivity index (χ1v) is 10.6. The van der Waals surface area contributed by atoms with Crippen molar-refractivity contribution in [2.75, 3.05) is 23.9 Å². The van der Waals surface area contributed by atoms with Gasteiger partial charge >= 0.3 is 5.97 Å². The van der Waals surface area contributed by atoms with Crippen molar-refractivity contribution >= 4 is 17.5 Å². The average molecular weight is 437 g/mol. The zero-order valence-corrected chi connectivity index (χ0v) is 18.1. The van der Waals surface area contributed by atoms with Crippen LogP contribution in [0.4, 0.5) is 20.3 Å². The van der Waals surface area contributed by atoms with Gasteiger partial charge in [0.15, 0.2) is 11.6 Å². The average Bonchev–Trinajstić information content (AvgIpc) is 2.81. The quantitative estimate of drug-likeness (QED) is 0.533. The molecular formula is C25H25F2N3O2. The van der Waals surface area contributed by atoms with Gasteiger partial charge in [-0.25, -0.2) is 18.6 Å². The third-order valence-corrected chi connectivity index (χ3v) is 5.74. The number of rotatable bonds is 6. The van der Waals surface area contributed by atoms with Gasteiger partial charge in [0.25, 0.3) is 0 Å². The van der Waals surface area contributed by atoms with Gasteiger partial charge in [-0.3, -0.25) is 0 Å². The molecule has 2 aromatic carbocycles. The highest BCUT2D eigenvalue weighted by molar-refractivity contribution is 5.89. The van der Waals surface area contributed by atoms with Crippen LogP contribution in [0.2, 0.25) is 0 Å². The number of anilines is 2. The van der Waals surface area contributed by atoms with Crippen molar-refractivity contribution in [1.29, 1.82) is 0 Å². The Morgan fingerprint density at radius 1 is 1.16 bits per heavy atom. The summed E-state index contributed by atoms with van der Waals surface area (Å²) < 4.78 is 31.8. The molecule has 1 aromatic heterocycles. The minimum absolute atomic E-state index is 0.0623. The Balaban J connectivity index is 1.58. The van der Waals surface area contributed by atoms with E-state index in [-0.39, 0.29) is 12.0 Å². The molecule has 32 heavy (non-hydrogen) atoms. The number of ether oxygens (including phenoxy) is 1. The van der Waals surface area contributed by atoms with Crippen molar-refractivity contribution in [2.24, 2.45) is 0 Å². The van der Waals surface area contributed by atoms with Crippen LogP contribution < -0.4 is 10.2 Å². The number of halogens is 2. The molecule has 5 nitrogen and oxygen atoms in total. The van der Waals surface area contributed by atoms with Gasteiger partial charge in [0, 0.05) is 19.3 Å². The lowest BCUT2D eigenvalue weighted by atomic mass is 10.0. The molecule has 1 atom stereocenters. The van der Waals surface area contributed by atoms with E-state index < -0.39 is 11.6 Å². The Morgan fingerprint density at radius 2 is 1.94 bits per heavy atom. The van der Waals surface area contributed by atoms with Crippen molar-refractivity contribution in [3.8, 4) is 0 Å². The molecule has 4 rings (SSSR count). The van der Waals surface area contributed by atoms with E-state index >= 15 is 0 Å². The van der Waals surface area contributed by atoms with E-state index in [4.69, 9.17) is 4.74 Å². The van der Waals surface area contributed by atoms with Crippen LogP contribution in [0, 0.1) is 11.6 Å². The van der Waals surface area contributed by atoms with Crippen LogP contribution in [0.25, 0.3) is 0 Å². The summed E-state index contributed by atoms with van der Waals surface area (Å²) in [5.41, 5.74) is 4.36. The van der Waals surface area contributed by atoms with Crippen LogP contribution in [0.3, 0.4) is 0 Å². The number of pyridine rings is 1. The fraction of sp³-hybridized carbons (Fsp3) is 0.280. The van der Waals surface area contributed by atoms with Crippen LogP contribution in [-0.2, 0) is 17.7 Å². The predicted octanol–water partition coefficient (Wildman–Crippen LogP) is 5.27. The van der Waals surface area contributed by atoms with Gasteiger partial charge in [-0.2, -0.15) is 0 Å². The number of hydrogen-bond donors (Lipinski definition) is 1. The Labute approximate surface area is 186 Å². The summed E-state index contributed by atoms with van der Waals surface area (Å²) >= 11 is 0. The number of methoxy groups -OCH3 is 1. The molecule has 0 amide bonds. The highest BCUT2D eigenvalue weighted by atomic mass is 19.2. The maximum Gasteiger partial charge on any atom is 0.337 e. The second-order valence-corrected chi connectivity index (χ2v) is 7.92. The minimum atomic E-state index is -0.844. The van der Waals surface area contributed by atoms with Gasteiger partial charge < -0.3 is 15.0 Å². The lowest BCUT2D eigenvalue weighted by Crippen LogP contribution is -2.30. The first kappa shape index (κ1) is 21.7. The summed E-state index contributed by atoms with van der Waals surface area (Å²) in [7, 11) is 1.36. The summed E-state index contributed by atoms with van der Waals surface area (Å²) in [6, 6.07) is 13.2. The summed E-state index contributed by atoms with van der Waals surface area (Å²) in [5.74, 6) is -1.31. The lowest BCUT2D eigenvalue weighted by molar-refractivity contribution is 0.0600. The van der Waals surface area contributed by atoms with E-state index in [9.17, 15) is 13.6 Å². The van der Waals surface area contributed by atoms with Crippen molar-refractivity contribution in [1.82, 2.24) is 4.98 Å². The van der Waals surface area contributed by atoms with Gasteiger partial charge in [-0.1, -0.05) is 18.2 Å². The van der Waals surface area contributed by atoms with Gasteiger partial charge in [-0.15, -0.1) is 0 Å². The summed E-state index contributed by atoms with van der Waals surface area (Å²) in [5, 5.41) is 3.48. The highest BCUT2D eigenvalue weighted by Crippen LogP contribution is 2.36. The van der Waals surface area contributed by atoms with E-state index in [2.05, 4.69) is 15.2 Å². The smallest absolute Gasteiger partial charge is 0.337 e. The molecule has 0 bridgehead atoms. The number of nitrogens with one attached hydrogen (secondary N) is 1. The molecule has 0 radical (unpaired) electrons. The molecule has 0 spiro atoms. The molecular weight excluding hydrogens is 412 g/mol. The van der Waals surface area contributed by atoms with Crippen LogP contribution in [0.15, 0.2) is 54.7 Å². The maximum atomic E-state index is 13.7. The summed E-state index contributed by atoms with van der Waals surface area (Å²) in [6.07, 6.45) is 3.70. The number of hydrogen-bond acceptors (Lipinski definition) is 5. The Kier molecular flexibility index (Phi) is 6.35. The fourth-order valence-corrected chi connectivity index (χ4v) is 4.06. The predicted molar refractivity (Wildman–Crippen MR) is 120 cm³/mol. The second-order valence-electron chi connectivity index (χ2n) is 7.92. The number of fused-ring (bicyclic) bond motifs is 1. The number of carbonyl (C=O) groups is 1. The Hall–Kier alpha value is -3.48. The normalized spacial score (nSPS) is 13.9. The van der Waals surface area contributed by atoms with Gasteiger partial charge in [0.1, 0.15) is 5.82 Å². The second kappa shape index (κ2) is 9.34. The molecule has 166 valence electrons. The number of aromatic nitrogens is 1. The number of benzene rings is 2. The number of aryl methyl sites for hydroxylation is 1. The molecule has 1 N–H and O–H groups in total. The number of nitrogens with zero attached hydrogens (tertiary/aromatic N) is 2. The molecule has 0 fully saturated rings. The third-order valence-electron chi connectivity index (χ3n) is 5.74. The molecule has 0 saturated carbocycles. The molecule has 3 aromatic rings. The van der Waals surface area contributed by atoms with Crippen LogP contribution in [-0.4, -0.2) is 24.6 Å². The van der Waals surface area contributed by atoms with Crippen molar-refractivity contribution in [3.63, 3.8) is 0 Å². The van der Waals surface area contributed by atoms with E-state index in [0.29, 0.717) is 17.7 Å². The number of esters is 1. The summed E-state index contributed by atoms with van der Waals surface area (Å²) in [4.78, 5) is 18.4. The van der Waals surface area contributed by atoms with Gasteiger partial charge in [0.05, 0.1) is 24.4 Å². The maximum absolute atomic E-state index is 13.7. The van der Waals surface area contributed by atoms with Crippen molar-refractivity contribution < 1.29 is 18.3 Å². The molecule has 1 unspecified atom stereocenters. The molecule has 1 aliphatic rings. The fourth-order valence-electron chi connectivity index (χ4n) is 4.06. The van der Waals surface area contributed by atoms with Crippen LogP contribution in [0.5, 0.6) is 0 Å². The first-order valence-electron chi connectivity index (χ1n) is 10.6. The topological polar surface area (TPSA) is 54.5 Å². The molecule has 2 heterocycles. The highest BCUT2D eigenvalue weighted by Gasteiger charge is 2.23. The number of carbonyl (C=O) groups excluding carboxylic acids is 1. The Bertz CT molecular complexity index is 1120. The van der Waals surface area contributed by atoms with Crippen LogP contribution >= 0.6 is 0 Å². The molecule has 0 saturated heterocycles. The van der Waals surface area contributed by atoms with E-state index in [1.165, 1.54) is 18.7 Å². The molecule has 7 heteroatoms. The SMILES string of the molecule is COC(=O)c1ccc(C(C)Nc2nccc3c2N(Cc2ccc(F)c(F)c2)CCC3)cc1. The zero-order valence-electron chi connectivity index (χ0n) is 18.1. The third kappa shape index (κ3) is 4.56. The van der Waals surface area contributed by atoms with E-state index in [1.54, 1.807) is 24.4 Å². The Morgan fingerprint density at radius 3 is 2.66 bits per heavy atom. The summed E-state index contributed by atoms with van der Waals surface area (Å²) in [6.45, 7) is 3.29. The zero-order chi connectivity index (χ0) is 22.7. The van der Waals surface area contributed by atoms with E-state index in [0.717, 1.165) is 42.5 Å². The lowest BCUT2D eigenvalue weighted by Gasteiger charge is -2.33. The largest absolute Gasteiger partial charge is 0.465 e.